The molecule has 0 fully saturated rings. The van der Waals surface area contributed by atoms with E-state index >= 15 is 0 Å². The quantitative estimate of drug-likeness (QED) is 0.375. The van der Waals surface area contributed by atoms with E-state index in [2.05, 4.69) is 37.7 Å². The molecule has 0 aliphatic heterocycles. The fourth-order valence-electron chi connectivity index (χ4n) is 1.96. The Balaban J connectivity index is 2.67. The molecule has 3 atom stereocenters. The highest BCUT2D eigenvalue weighted by Crippen LogP contribution is 2.17. The van der Waals surface area contributed by atoms with E-state index in [0.29, 0.717) is 12.0 Å². The number of hydrogen-bond donors (Lipinski definition) is 1. The zero-order chi connectivity index (χ0) is 17.5. The van der Waals surface area contributed by atoms with E-state index in [4.69, 9.17) is 4.74 Å². The summed E-state index contributed by atoms with van der Waals surface area (Å²) >= 11 is 0. The third kappa shape index (κ3) is 6.85. The first-order valence-corrected chi connectivity index (χ1v) is 11.3. The van der Waals surface area contributed by atoms with Crippen molar-refractivity contribution in [1.29, 1.82) is 0 Å². The summed E-state index contributed by atoms with van der Waals surface area (Å²) in [7, 11) is -1.44. The minimum Gasteiger partial charge on any atom is -0.454 e. The van der Waals surface area contributed by atoms with Crippen molar-refractivity contribution in [2.75, 3.05) is 0 Å². The number of esters is 1. The van der Waals surface area contributed by atoms with Crippen LogP contribution in [0.4, 0.5) is 0 Å². The van der Waals surface area contributed by atoms with Crippen molar-refractivity contribution in [2.45, 2.75) is 45.2 Å². The Kier molecular flexibility index (Phi) is 7.28. The summed E-state index contributed by atoms with van der Waals surface area (Å²) in [6.07, 6.45) is 0.719. The van der Waals surface area contributed by atoms with Crippen molar-refractivity contribution in [3.8, 4) is 11.5 Å². The van der Waals surface area contributed by atoms with E-state index in [1.807, 2.05) is 13.0 Å². The number of benzene rings is 1. The Hall–Kier alpha value is -1.83. The smallest absolute Gasteiger partial charge is 0.338 e. The summed E-state index contributed by atoms with van der Waals surface area (Å²) in [5.74, 6) is 2.38. The van der Waals surface area contributed by atoms with Gasteiger partial charge in [-0.25, -0.2) is 4.79 Å². The Morgan fingerprint density at radius 2 is 1.96 bits per heavy atom. The van der Waals surface area contributed by atoms with Crippen LogP contribution in [0, 0.1) is 17.4 Å². The first-order chi connectivity index (χ1) is 10.7. The van der Waals surface area contributed by atoms with Crippen molar-refractivity contribution < 1.29 is 14.6 Å². The molecule has 124 valence electrons. The molecule has 0 saturated carbocycles. The molecule has 0 unspecified atom stereocenters. The third-order valence-corrected chi connectivity index (χ3v) is 4.31. The van der Waals surface area contributed by atoms with Crippen LogP contribution in [0.1, 0.15) is 23.7 Å². The molecule has 4 heteroatoms. The molecule has 0 heterocycles. The number of aliphatic hydroxyl groups excluding tert-OH is 1. The van der Waals surface area contributed by atoms with Gasteiger partial charge in [0.2, 0.25) is 0 Å². The lowest BCUT2D eigenvalue weighted by Crippen LogP contribution is -2.32. The fraction of sp³-hybridized carbons (Fsp3) is 0.421. The van der Waals surface area contributed by atoms with Crippen LogP contribution in [0.25, 0.3) is 0 Å². The summed E-state index contributed by atoms with van der Waals surface area (Å²) in [6.45, 7) is 12.0. The van der Waals surface area contributed by atoms with Crippen LogP contribution in [0.2, 0.25) is 19.6 Å². The lowest BCUT2D eigenvalue weighted by Gasteiger charge is -2.24. The number of ether oxygens (including phenoxy) is 1. The molecule has 1 aromatic rings. The molecule has 0 amide bonds. The lowest BCUT2D eigenvalue weighted by atomic mass is 9.96. The number of carbonyl (C=O) groups excluding carboxylic acids is 1. The van der Waals surface area contributed by atoms with Crippen LogP contribution in [-0.2, 0) is 4.74 Å². The van der Waals surface area contributed by atoms with Crippen LogP contribution in [-0.4, -0.2) is 31.4 Å². The summed E-state index contributed by atoms with van der Waals surface area (Å²) in [6, 6.07) is 8.80. The van der Waals surface area contributed by atoms with E-state index < -0.39 is 26.3 Å². The summed E-state index contributed by atoms with van der Waals surface area (Å²) in [5, 5.41) is 10.3. The Labute approximate surface area is 140 Å². The van der Waals surface area contributed by atoms with Crippen molar-refractivity contribution >= 4 is 14.0 Å². The van der Waals surface area contributed by atoms with Crippen LogP contribution in [0.15, 0.2) is 43.0 Å². The van der Waals surface area contributed by atoms with Crippen molar-refractivity contribution in [1.82, 2.24) is 0 Å². The standard InChI is InChI=1S/C19H26O3Si/c1-6-18(22-19(21)16-11-8-7-9-12-16)15(2)17(20)13-10-14-23(3,4)5/h6-9,11-12,15,17-18,20H,1,13H2,2-5H3/t15-,17+,18+/m0/s1. The molecule has 0 bridgehead atoms. The first kappa shape index (κ1) is 19.2. The van der Waals surface area contributed by atoms with Gasteiger partial charge in [0.1, 0.15) is 14.2 Å². The molecular weight excluding hydrogens is 304 g/mol. The Morgan fingerprint density at radius 3 is 2.48 bits per heavy atom. The first-order valence-electron chi connectivity index (χ1n) is 7.81. The topological polar surface area (TPSA) is 46.5 Å². The largest absolute Gasteiger partial charge is 0.454 e. The van der Waals surface area contributed by atoms with E-state index in [1.165, 1.54) is 0 Å². The average Bonchev–Trinajstić information content (AvgIpc) is 2.51. The van der Waals surface area contributed by atoms with Gasteiger partial charge in [-0.15, -0.1) is 11.5 Å². The van der Waals surface area contributed by atoms with Gasteiger partial charge in [-0.05, 0) is 12.1 Å². The lowest BCUT2D eigenvalue weighted by molar-refractivity contribution is 0.00492. The minimum absolute atomic E-state index is 0.268. The summed E-state index contributed by atoms with van der Waals surface area (Å²) < 4.78 is 5.46. The molecule has 0 radical (unpaired) electrons. The highest BCUT2D eigenvalue weighted by Gasteiger charge is 2.25. The zero-order valence-electron chi connectivity index (χ0n) is 14.4. The number of rotatable bonds is 6. The summed E-state index contributed by atoms with van der Waals surface area (Å²) in [4.78, 5) is 12.1. The monoisotopic (exact) mass is 330 g/mol. The van der Waals surface area contributed by atoms with Gasteiger partial charge in [0.25, 0.3) is 0 Å². The predicted molar refractivity (Wildman–Crippen MR) is 96.8 cm³/mol. The zero-order valence-corrected chi connectivity index (χ0v) is 15.4. The minimum atomic E-state index is -1.44. The maximum absolute atomic E-state index is 12.1. The molecule has 0 aliphatic rings. The second-order valence-electron chi connectivity index (χ2n) is 6.65. The Morgan fingerprint density at radius 1 is 1.35 bits per heavy atom. The molecule has 1 N–H and O–H groups in total. The van der Waals surface area contributed by atoms with Crippen molar-refractivity contribution in [3.63, 3.8) is 0 Å². The number of aliphatic hydroxyl groups is 1. The van der Waals surface area contributed by atoms with E-state index in [1.54, 1.807) is 30.3 Å². The SMILES string of the molecule is C=C[C@@H](OC(=O)c1ccccc1)[C@@H](C)[C@H](O)CC#C[Si](C)(C)C. The second kappa shape index (κ2) is 8.71. The van der Waals surface area contributed by atoms with E-state index in [-0.39, 0.29) is 5.92 Å². The molecule has 1 rings (SSSR count). The van der Waals surface area contributed by atoms with Crippen LogP contribution in [0.5, 0.6) is 0 Å². The van der Waals surface area contributed by atoms with Crippen molar-refractivity contribution in [3.05, 3.63) is 48.6 Å². The molecule has 0 aromatic heterocycles. The highest BCUT2D eigenvalue weighted by molar-refractivity contribution is 6.83. The summed E-state index contributed by atoms with van der Waals surface area (Å²) in [5.41, 5.74) is 3.71. The molecule has 3 nitrogen and oxygen atoms in total. The van der Waals surface area contributed by atoms with Crippen LogP contribution >= 0.6 is 0 Å². The molecule has 0 saturated heterocycles. The average molecular weight is 331 g/mol. The molecular formula is C19H26O3Si. The fourth-order valence-corrected chi connectivity index (χ4v) is 2.59. The van der Waals surface area contributed by atoms with Gasteiger partial charge >= 0.3 is 5.97 Å². The molecule has 23 heavy (non-hydrogen) atoms. The molecule has 1 aromatic carbocycles. The van der Waals surface area contributed by atoms with E-state index in [9.17, 15) is 9.90 Å². The molecule has 0 aliphatic carbocycles. The number of carbonyl (C=O) groups is 1. The molecule has 0 spiro atoms. The second-order valence-corrected chi connectivity index (χ2v) is 11.4. The van der Waals surface area contributed by atoms with Gasteiger partial charge in [0, 0.05) is 12.3 Å². The number of hydrogen-bond acceptors (Lipinski definition) is 3. The third-order valence-electron chi connectivity index (χ3n) is 3.38. The van der Waals surface area contributed by atoms with Gasteiger partial charge in [-0.1, -0.05) is 57.4 Å². The van der Waals surface area contributed by atoms with Gasteiger partial charge in [0.05, 0.1) is 11.7 Å². The van der Waals surface area contributed by atoms with Crippen molar-refractivity contribution in [2.24, 2.45) is 5.92 Å². The maximum atomic E-state index is 12.1. The maximum Gasteiger partial charge on any atom is 0.338 e. The highest BCUT2D eigenvalue weighted by atomic mass is 28.3. The van der Waals surface area contributed by atoms with Crippen LogP contribution < -0.4 is 0 Å². The van der Waals surface area contributed by atoms with Gasteiger partial charge in [-0.3, -0.25) is 0 Å². The van der Waals surface area contributed by atoms with Gasteiger partial charge < -0.3 is 9.84 Å². The van der Waals surface area contributed by atoms with E-state index in [0.717, 1.165) is 0 Å². The predicted octanol–water partition coefficient (Wildman–Crippen LogP) is 3.67. The van der Waals surface area contributed by atoms with Crippen LogP contribution in [0.3, 0.4) is 0 Å². The normalized spacial score (nSPS) is 14.8. The van der Waals surface area contributed by atoms with Gasteiger partial charge in [-0.2, -0.15) is 0 Å². The Bertz CT molecular complexity index is 578. The van der Waals surface area contributed by atoms with Gasteiger partial charge in [0.15, 0.2) is 0 Å².